The van der Waals surface area contributed by atoms with Gasteiger partial charge in [-0.25, -0.2) is 4.98 Å². The molecule has 5 amide bonds. The first-order valence-electron chi connectivity index (χ1n) is 10.1. The summed E-state index contributed by atoms with van der Waals surface area (Å²) < 4.78 is 0. The number of thioether (sulfide) groups is 1. The highest BCUT2D eigenvalue weighted by atomic mass is 32.2. The average molecular weight is 452 g/mol. The van der Waals surface area contributed by atoms with Gasteiger partial charge in [-0.2, -0.15) is 0 Å². The van der Waals surface area contributed by atoms with Gasteiger partial charge in [-0.3, -0.25) is 34.2 Å². The van der Waals surface area contributed by atoms with Gasteiger partial charge in [0.15, 0.2) is 0 Å². The second kappa shape index (κ2) is 8.91. The van der Waals surface area contributed by atoms with Crippen molar-refractivity contribution < 1.29 is 24.0 Å². The number of amides is 5. The Labute approximate surface area is 188 Å². The maximum absolute atomic E-state index is 12.9. The van der Waals surface area contributed by atoms with E-state index in [0.29, 0.717) is 5.56 Å². The molecule has 3 heterocycles. The first kappa shape index (κ1) is 21.7. The molecule has 164 valence electrons. The Morgan fingerprint density at radius 2 is 1.94 bits per heavy atom. The number of carbonyl (C=O) groups is 5. The van der Waals surface area contributed by atoms with Crippen molar-refractivity contribution in [3.63, 3.8) is 0 Å². The van der Waals surface area contributed by atoms with Crippen LogP contribution in [0.4, 0.5) is 0 Å². The molecule has 2 aromatic rings. The Balaban J connectivity index is 1.45. The molecular formula is C22H20N4O5S. The van der Waals surface area contributed by atoms with Gasteiger partial charge >= 0.3 is 0 Å². The van der Waals surface area contributed by atoms with E-state index >= 15 is 0 Å². The zero-order valence-electron chi connectivity index (χ0n) is 17.2. The van der Waals surface area contributed by atoms with Gasteiger partial charge in [-0.05, 0) is 42.0 Å². The quantitative estimate of drug-likeness (QED) is 0.503. The molecule has 1 fully saturated rings. The molecule has 1 unspecified atom stereocenters. The van der Waals surface area contributed by atoms with Crippen molar-refractivity contribution in [1.82, 2.24) is 20.5 Å². The van der Waals surface area contributed by atoms with E-state index in [2.05, 4.69) is 15.6 Å². The third-order valence-corrected chi connectivity index (χ3v) is 6.10. The number of hydrogen-bond acceptors (Lipinski definition) is 7. The molecule has 1 aromatic carbocycles. The highest BCUT2D eigenvalue weighted by Crippen LogP contribution is 2.28. The van der Waals surface area contributed by atoms with Crippen LogP contribution in [0.5, 0.6) is 0 Å². The van der Waals surface area contributed by atoms with Crippen LogP contribution in [0.1, 0.15) is 56.5 Å². The Hall–Kier alpha value is -3.53. The van der Waals surface area contributed by atoms with Crippen molar-refractivity contribution in [2.75, 3.05) is 5.75 Å². The van der Waals surface area contributed by atoms with Crippen LogP contribution in [-0.4, -0.2) is 51.2 Å². The maximum atomic E-state index is 12.9. The standard InChI is InChI=1S/C22H20N4O5S/c1-2-32-13-4-6-16(23-11-13)19(28)24-10-12-3-5-14-15(9-12)22(31)26(21(14)30)17-7-8-18(27)25-20(17)29/h3-6,9,11,17H,2,7-8,10H2,1H3,(H,24,28)(H,25,27,29). The van der Waals surface area contributed by atoms with Crippen LogP contribution in [0.3, 0.4) is 0 Å². The van der Waals surface area contributed by atoms with Gasteiger partial charge in [-0.1, -0.05) is 13.0 Å². The summed E-state index contributed by atoms with van der Waals surface area (Å²) in [6.07, 6.45) is 1.81. The van der Waals surface area contributed by atoms with Crippen LogP contribution in [0.25, 0.3) is 0 Å². The summed E-state index contributed by atoms with van der Waals surface area (Å²) in [4.78, 5) is 67.5. The molecule has 2 aliphatic heterocycles. The molecule has 2 aliphatic rings. The summed E-state index contributed by atoms with van der Waals surface area (Å²) in [7, 11) is 0. The third kappa shape index (κ3) is 4.13. The summed E-state index contributed by atoms with van der Waals surface area (Å²) >= 11 is 1.63. The van der Waals surface area contributed by atoms with Gasteiger partial charge in [-0.15, -0.1) is 11.8 Å². The lowest BCUT2D eigenvalue weighted by molar-refractivity contribution is -0.136. The Kier molecular flexibility index (Phi) is 6.04. The van der Waals surface area contributed by atoms with Gasteiger partial charge in [0.2, 0.25) is 11.8 Å². The lowest BCUT2D eigenvalue weighted by atomic mass is 10.0. The predicted molar refractivity (Wildman–Crippen MR) is 115 cm³/mol. The van der Waals surface area contributed by atoms with Gasteiger partial charge in [0.05, 0.1) is 11.1 Å². The van der Waals surface area contributed by atoms with Crippen molar-refractivity contribution in [1.29, 1.82) is 0 Å². The smallest absolute Gasteiger partial charge is 0.270 e. The number of pyridine rings is 1. The van der Waals surface area contributed by atoms with Gasteiger partial charge in [0, 0.05) is 24.1 Å². The zero-order valence-corrected chi connectivity index (χ0v) is 18.0. The van der Waals surface area contributed by atoms with Gasteiger partial charge < -0.3 is 5.32 Å². The van der Waals surface area contributed by atoms with Crippen LogP contribution < -0.4 is 10.6 Å². The molecule has 0 bridgehead atoms. The van der Waals surface area contributed by atoms with Crippen LogP contribution in [0.2, 0.25) is 0 Å². The van der Waals surface area contributed by atoms with Crippen molar-refractivity contribution >= 4 is 41.3 Å². The molecular weight excluding hydrogens is 432 g/mol. The molecule has 32 heavy (non-hydrogen) atoms. The SMILES string of the molecule is CCSc1ccc(C(=O)NCc2ccc3c(c2)C(=O)N(C2CCC(=O)NC2=O)C3=O)nc1. The largest absolute Gasteiger partial charge is 0.347 e. The van der Waals surface area contributed by atoms with E-state index < -0.39 is 29.7 Å². The molecule has 0 aliphatic carbocycles. The van der Waals surface area contributed by atoms with Crippen LogP contribution >= 0.6 is 11.8 Å². The maximum Gasteiger partial charge on any atom is 0.270 e. The van der Waals surface area contributed by atoms with E-state index in [9.17, 15) is 24.0 Å². The summed E-state index contributed by atoms with van der Waals surface area (Å²) in [5.41, 5.74) is 1.27. The number of carbonyl (C=O) groups excluding carboxylic acids is 5. The number of hydrogen-bond donors (Lipinski definition) is 2. The Bertz CT molecular complexity index is 1130. The number of nitrogens with zero attached hydrogens (tertiary/aromatic N) is 2. The Morgan fingerprint density at radius 3 is 2.62 bits per heavy atom. The van der Waals surface area contributed by atoms with Gasteiger partial charge in [0.1, 0.15) is 11.7 Å². The van der Waals surface area contributed by atoms with E-state index in [1.165, 1.54) is 12.1 Å². The first-order chi connectivity index (χ1) is 15.4. The van der Waals surface area contributed by atoms with Crippen LogP contribution in [-0.2, 0) is 16.1 Å². The Morgan fingerprint density at radius 1 is 1.16 bits per heavy atom. The van der Waals surface area contributed by atoms with E-state index in [1.807, 2.05) is 13.0 Å². The van der Waals surface area contributed by atoms with Gasteiger partial charge in [0.25, 0.3) is 17.7 Å². The molecule has 4 rings (SSSR count). The second-order valence-electron chi connectivity index (χ2n) is 7.32. The molecule has 1 atom stereocenters. The molecule has 1 aromatic heterocycles. The van der Waals surface area contributed by atoms with Crippen LogP contribution in [0, 0.1) is 0 Å². The van der Waals surface area contributed by atoms with E-state index in [0.717, 1.165) is 15.5 Å². The number of piperidine rings is 1. The molecule has 0 spiro atoms. The summed E-state index contributed by atoms with van der Waals surface area (Å²) in [5, 5.41) is 4.92. The van der Waals surface area contributed by atoms with Crippen LogP contribution in [0.15, 0.2) is 41.4 Å². The van der Waals surface area contributed by atoms with E-state index in [1.54, 1.807) is 30.1 Å². The zero-order chi connectivity index (χ0) is 22.8. The molecule has 1 saturated heterocycles. The number of rotatable bonds is 6. The lowest BCUT2D eigenvalue weighted by Gasteiger charge is -2.27. The number of aromatic nitrogens is 1. The average Bonchev–Trinajstić information content (AvgIpc) is 3.03. The van der Waals surface area contributed by atoms with Crippen molar-refractivity contribution in [2.24, 2.45) is 0 Å². The number of imide groups is 2. The molecule has 9 nitrogen and oxygen atoms in total. The molecule has 2 N–H and O–H groups in total. The number of nitrogens with one attached hydrogen (secondary N) is 2. The minimum Gasteiger partial charge on any atom is -0.347 e. The highest BCUT2D eigenvalue weighted by molar-refractivity contribution is 7.99. The molecule has 0 radical (unpaired) electrons. The summed E-state index contributed by atoms with van der Waals surface area (Å²) in [5.74, 6) is -1.67. The third-order valence-electron chi connectivity index (χ3n) is 5.24. The fraction of sp³-hybridized carbons (Fsp3) is 0.273. The first-order valence-corrected chi connectivity index (χ1v) is 11.1. The predicted octanol–water partition coefficient (Wildman–Crippen LogP) is 1.52. The fourth-order valence-corrected chi connectivity index (χ4v) is 4.29. The summed E-state index contributed by atoms with van der Waals surface area (Å²) in [6, 6.07) is 7.17. The molecule has 10 heteroatoms. The summed E-state index contributed by atoms with van der Waals surface area (Å²) in [6.45, 7) is 2.17. The highest BCUT2D eigenvalue weighted by Gasteiger charge is 2.44. The minimum absolute atomic E-state index is 0.0627. The van der Waals surface area contributed by atoms with E-state index in [4.69, 9.17) is 0 Å². The van der Waals surface area contributed by atoms with Crippen molar-refractivity contribution in [2.45, 2.75) is 37.2 Å². The number of benzene rings is 1. The van der Waals surface area contributed by atoms with E-state index in [-0.39, 0.29) is 42.1 Å². The lowest BCUT2D eigenvalue weighted by Crippen LogP contribution is -2.54. The number of fused-ring (bicyclic) bond motifs is 1. The van der Waals surface area contributed by atoms with Crippen molar-refractivity contribution in [3.05, 3.63) is 58.9 Å². The fourth-order valence-electron chi connectivity index (χ4n) is 3.67. The molecule has 0 saturated carbocycles. The topological polar surface area (TPSA) is 126 Å². The normalized spacial score (nSPS) is 17.9. The monoisotopic (exact) mass is 452 g/mol. The van der Waals surface area contributed by atoms with Crippen molar-refractivity contribution in [3.8, 4) is 0 Å². The minimum atomic E-state index is -1.01. The second-order valence-corrected chi connectivity index (χ2v) is 8.66.